The maximum Gasteiger partial charge on any atom is 0.265 e. The van der Waals surface area contributed by atoms with E-state index in [1.807, 2.05) is 0 Å². The molecule has 2 aliphatic rings. The Labute approximate surface area is 206 Å². The van der Waals surface area contributed by atoms with Crippen LogP contribution >= 0.6 is 11.3 Å². The zero-order valence-corrected chi connectivity index (χ0v) is 19.5. The number of carbonyl (C=O) groups is 1. The smallest absolute Gasteiger partial charge is 0.265 e. The number of thiazole rings is 1. The molecule has 3 N–H and O–H groups in total. The van der Waals surface area contributed by atoms with E-state index < -0.39 is 54.0 Å². The Hall–Kier alpha value is -2.91. The molecule has 2 aromatic heterocycles. The second-order valence-electron chi connectivity index (χ2n) is 8.86. The van der Waals surface area contributed by atoms with Crippen molar-refractivity contribution in [3.8, 4) is 11.3 Å². The third-order valence-corrected chi connectivity index (χ3v) is 7.43. The first kappa shape index (κ1) is 24.8. The summed E-state index contributed by atoms with van der Waals surface area (Å²) in [6, 6.07) is 0.336. The van der Waals surface area contributed by atoms with Crippen LogP contribution in [-0.4, -0.2) is 89.7 Å². The molecule has 2 aliphatic heterocycles. The first-order valence-corrected chi connectivity index (χ1v) is 12.0. The summed E-state index contributed by atoms with van der Waals surface area (Å²) in [5, 5.41) is 40.0. The molecular formula is C22H22F3N5O5S. The predicted octanol–water partition coefficient (Wildman–Crippen LogP) is 1.15. The number of aliphatic hydroxyl groups is 3. The number of likely N-dealkylation sites (tertiary alicyclic amines) is 1. The third-order valence-electron chi connectivity index (χ3n) is 6.67. The highest BCUT2D eigenvalue weighted by atomic mass is 32.1. The van der Waals surface area contributed by atoms with Crippen LogP contribution in [0.25, 0.3) is 11.3 Å². The van der Waals surface area contributed by atoms with Crippen molar-refractivity contribution in [2.24, 2.45) is 0 Å². The quantitative estimate of drug-likeness (QED) is 0.432. The monoisotopic (exact) mass is 525 g/mol. The number of aliphatic hydroxyl groups excluding tert-OH is 3. The number of benzene rings is 1. The van der Waals surface area contributed by atoms with Gasteiger partial charge in [-0.1, -0.05) is 5.21 Å². The zero-order valence-electron chi connectivity index (χ0n) is 18.7. The molecule has 5 atom stereocenters. The minimum atomic E-state index is -1.62. The maximum absolute atomic E-state index is 13.7. The van der Waals surface area contributed by atoms with E-state index in [4.69, 9.17) is 4.74 Å². The predicted molar refractivity (Wildman–Crippen MR) is 118 cm³/mol. The van der Waals surface area contributed by atoms with Gasteiger partial charge in [-0.05, 0) is 25.0 Å². The zero-order chi connectivity index (χ0) is 25.6. The molecule has 14 heteroatoms. The van der Waals surface area contributed by atoms with E-state index in [1.165, 1.54) is 34.1 Å². The third kappa shape index (κ3) is 4.18. The summed E-state index contributed by atoms with van der Waals surface area (Å²) >= 11 is 1.18. The molecule has 0 radical (unpaired) electrons. The van der Waals surface area contributed by atoms with Crippen LogP contribution in [0, 0.1) is 17.5 Å². The number of nitrogens with zero attached hydrogens (tertiary/aromatic N) is 5. The second kappa shape index (κ2) is 9.52. The number of ether oxygens (including phenoxy) is 1. The fourth-order valence-corrected chi connectivity index (χ4v) is 5.49. The molecule has 1 spiro atoms. The summed E-state index contributed by atoms with van der Waals surface area (Å²) < 4.78 is 47.9. The highest BCUT2D eigenvalue weighted by Crippen LogP contribution is 2.42. The minimum Gasteiger partial charge on any atom is -0.394 e. The summed E-state index contributed by atoms with van der Waals surface area (Å²) in [7, 11) is 0. The van der Waals surface area contributed by atoms with Crippen LogP contribution in [0.15, 0.2) is 30.0 Å². The number of aromatic nitrogens is 4. The minimum absolute atomic E-state index is 0.0133. The summed E-state index contributed by atoms with van der Waals surface area (Å²) in [4.78, 5) is 18.8. The van der Waals surface area contributed by atoms with Crippen molar-refractivity contribution in [1.29, 1.82) is 0 Å². The molecule has 2 saturated heterocycles. The van der Waals surface area contributed by atoms with Gasteiger partial charge in [0.15, 0.2) is 17.5 Å². The van der Waals surface area contributed by atoms with Gasteiger partial charge in [0.25, 0.3) is 5.91 Å². The lowest BCUT2D eigenvalue weighted by Gasteiger charge is -2.53. The van der Waals surface area contributed by atoms with Gasteiger partial charge in [-0.15, -0.1) is 16.4 Å². The highest BCUT2D eigenvalue weighted by molar-refractivity contribution is 7.11. The summed E-state index contributed by atoms with van der Waals surface area (Å²) in [5.74, 6) is -4.71. The Kier molecular flexibility index (Phi) is 6.55. The fraction of sp³-hybridized carbons (Fsp3) is 0.455. The average Bonchev–Trinajstić information content (AvgIpc) is 3.58. The van der Waals surface area contributed by atoms with E-state index in [9.17, 15) is 33.3 Å². The van der Waals surface area contributed by atoms with Gasteiger partial charge in [-0.3, -0.25) is 9.78 Å². The molecule has 4 heterocycles. The van der Waals surface area contributed by atoms with Crippen molar-refractivity contribution >= 4 is 17.2 Å². The van der Waals surface area contributed by atoms with Gasteiger partial charge in [0, 0.05) is 12.1 Å². The molecule has 36 heavy (non-hydrogen) atoms. The molecule has 10 nitrogen and oxygen atoms in total. The van der Waals surface area contributed by atoms with Crippen LogP contribution in [0.1, 0.15) is 28.6 Å². The van der Waals surface area contributed by atoms with E-state index >= 15 is 0 Å². The number of amides is 1. The molecule has 1 aromatic carbocycles. The lowest BCUT2D eigenvalue weighted by atomic mass is 9.78. The van der Waals surface area contributed by atoms with Gasteiger partial charge in [0.2, 0.25) is 0 Å². The normalized spacial score (nSPS) is 28.6. The number of rotatable bonds is 4. The lowest BCUT2D eigenvalue weighted by molar-refractivity contribution is -0.266. The van der Waals surface area contributed by atoms with Gasteiger partial charge in [0.1, 0.15) is 40.5 Å². The van der Waals surface area contributed by atoms with Crippen molar-refractivity contribution < 1.29 is 38.0 Å². The van der Waals surface area contributed by atoms with E-state index in [0.717, 1.165) is 16.8 Å². The summed E-state index contributed by atoms with van der Waals surface area (Å²) in [6.45, 7) is -0.174. The van der Waals surface area contributed by atoms with Crippen molar-refractivity contribution in [1.82, 2.24) is 24.9 Å². The number of piperidine rings is 1. The topological polar surface area (TPSA) is 134 Å². The molecule has 0 bridgehead atoms. The fourth-order valence-electron chi connectivity index (χ4n) is 4.90. The molecule has 0 aliphatic carbocycles. The Morgan fingerprint density at radius 2 is 2.00 bits per heavy atom. The molecule has 2 fully saturated rings. The second-order valence-corrected chi connectivity index (χ2v) is 9.75. The first-order valence-electron chi connectivity index (χ1n) is 11.1. The average molecular weight is 526 g/mol. The number of carbonyl (C=O) groups excluding carboxylic acids is 1. The van der Waals surface area contributed by atoms with Crippen LogP contribution in [0.3, 0.4) is 0 Å². The molecule has 1 amide bonds. The summed E-state index contributed by atoms with van der Waals surface area (Å²) in [5.41, 5.74) is 0.0738. The van der Waals surface area contributed by atoms with Crippen molar-refractivity contribution in [2.45, 2.75) is 42.8 Å². The Morgan fingerprint density at radius 1 is 1.25 bits per heavy atom. The lowest BCUT2D eigenvalue weighted by Crippen LogP contribution is -2.68. The van der Waals surface area contributed by atoms with E-state index in [2.05, 4.69) is 15.3 Å². The molecular weight excluding hydrogens is 503 g/mol. The van der Waals surface area contributed by atoms with Gasteiger partial charge < -0.3 is 25.0 Å². The molecule has 0 unspecified atom stereocenters. The van der Waals surface area contributed by atoms with Crippen LogP contribution in [0.5, 0.6) is 0 Å². The Balaban J connectivity index is 1.47. The van der Waals surface area contributed by atoms with Crippen molar-refractivity contribution in [3.63, 3.8) is 0 Å². The molecule has 3 aromatic rings. The highest BCUT2D eigenvalue weighted by Gasteiger charge is 2.56. The molecule has 5 rings (SSSR count). The maximum atomic E-state index is 13.7. The van der Waals surface area contributed by atoms with E-state index in [0.29, 0.717) is 24.3 Å². The van der Waals surface area contributed by atoms with Crippen molar-refractivity contribution in [3.05, 3.63) is 52.4 Å². The van der Waals surface area contributed by atoms with Crippen LogP contribution in [-0.2, 0) is 4.74 Å². The Morgan fingerprint density at radius 3 is 2.67 bits per heavy atom. The van der Waals surface area contributed by atoms with Gasteiger partial charge in [-0.25, -0.2) is 17.9 Å². The van der Waals surface area contributed by atoms with E-state index in [1.54, 1.807) is 0 Å². The first-order chi connectivity index (χ1) is 17.2. The van der Waals surface area contributed by atoms with Gasteiger partial charge in [-0.2, -0.15) is 0 Å². The number of halogens is 3. The van der Waals surface area contributed by atoms with Crippen molar-refractivity contribution in [2.75, 3.05) is 19.7 Å². The van der Waals surface area contributed by atoms with Crippen LogP contribution in [0.4, 0.5) is 13.2 Å². The van der Waals surface area contributed by atoms with Gasteiger partial charge in [0.05, 0.1) is 31.1 Å². The SMILES string of the molecule is O=C(c1cncs1)N1CCC[C@]2(C1)O[C@H](CO)[C@H](O)[C@H](n1cc(-c3cc(F)c(F)c(F)c3)nn1)[C@@H]2O. The largest absolute Gasteiger partial charge is 0.394 e. The molecule has 192 valence electrons. The number of hydrogen-bond donors (Lipinski definition) is 3. The number of hydrogen-bond acceptors (Lipinski definition) is 9. The van der Waals surface area contributed by atoms with Gasteiger partial charge >= 0.3 is 0 Å². The van der Waals surface area contributed by atoms with E-state index in [-0.39, 0.29) is 23.7 Å². The van der Waals surface area contributed by atoms with Crippen LogP contribution < -0.4 is 0 Å². The Bertz CT molecular complexity index is 1240. The standard InChI is InChI=1S/C22H22F3N5O5S/c23-12-4-11(5-13(24)17(12)25)14-7-30(28-27-14)18-19(32)15(8-31)35-22(20(18)33)2-1-3-29(9-22)21(34)16-6-26-10-36-16/h4-7,10,15,18-20,31-33H,1-3,8-9H2/t15-,18+,19+,20+,22-/m1/s1. The molecule has 0 saturated carbocycles. The summed E-state index contributed by atoms with van der Waals surface area (Å²) in [6.07, 6.45) is -0.434. The van der Waals surface area contributed by atoms with Crippen LogP contribution in [0.2, 0.25) is 0 Å².